The van der Waals surface area contributed by atoms with Crippen LogP contribution in [-0.4, -0.2) is 55.2 Å². The average Bonchev–Trinajstić information content (AvgIpc) is 1.97. The zero-order valence-corrected chi connectivity index (χ0v) is 9.18. The summed E-state index contributed by atoms with van der Waals surface area (Å²) in [4.78, 5) is 8.90. The van der Waals surface area contributed by atoms with Gasteiger partial charge in [0.1, 0.15) is 5.60 Å². The van der Waals surface area contributed by atoms with Crippen LogP contribution in [0.5, 0.6) is 0 Å². The van der Waals surface area contributed by atoms with Crippen molar-refractivity contribution in [2.75, 3.05) is 18.8 Å². The van der Waals surface area contributed by atoms with Gasteiger partial charge in [-0.05, 0) is 0 Å². The van der Waals surface area contributed by atoms with Crippen LogP contribution in [0.25, 0.3) is 0 Å². The van der Waals surface area contributed by atoms with Gasteiger partial charge in [0.25, 0.3) is 0 Å². The second-order valence-electron chi connectivity index (χ2n) is 3.44. The molecule has 11 heteroatoms. The van der Waals surface area contributed by atoms with Gasteiger partial charge in [-0.25, -0.2) is 18.4 Å². The van der Waals surface area contributed by atoms with Crippen LogP contribution in [0, 0.1) is 0 Å². The maximum atomic E-state index is 10.6. The second kappa shape index (κ2) is 5.16. The van der Waals surface area contributed by atoms with E-state index in [9.17, 15) is 26.7 Å². The lowest BCUT2D eigenvalue weighted by atomic mass is 10.0. The zero-order valence-electron chi connectivity index (χ0n) is 8.36. The molecule has 0 spiro atoms. The molecule has 1 rings (SSSR count). The summed E-state index contributed by atoms with van der Waals surface area (Å²) < 4.78 is 52.6. The highest BCUT2D eigenvalue weighted by Gasteiger charge is 2.38. The van der Waals surface area contributed by atoms with Crippen molar-refractivity contribution in [3.8, 4) is 0 Å². The van der Waals surface area contributed by atoms with Crippen LogP contribution in [0.1, 0.15) is 0 Å². The SMILES string of the molecule is NS(=O)(=O)CC1(O)CNC1.O=C(O)C(F)(F)F. The number of carboxylic acid groups (broad SMARTS) is 1. The van der Waals surface area contributed by atoms with Crippen molar-refractivity contribution >= 4 is 16.0 Å². The van der Waals surface area contributed by atoms with Crippen LogP contribution in [0.15, 0.2) is 0 Å². The Morgan fingerprint density at radius 1 is 1.41 bits per heavy atom. The Labute approximate surface area is 94.5 Å². The number of halogens is 3. The highest BCUT2D eigenvalue weighted by molar-refractivity contribution is 7.89. The maximum Gasteiger partial charge on any atom is 0.490 e. The molecule has 0 unspecified atom stereocenters. The van der Waals surface area contributed by atoms with Crippen molar-refractivity contribution in [2.24, 2.45) is 5.14 Å². The van der Waals surface area contributed by atoms with Crippen LogP contribution < -0.4 is 10.5 Å². The minimum atomic E-state index is -5.08. The lowest BCUT2D eigenvalue weighted by molar-refractivity contribution is -0.192. The molecule has 1 heterocycles. The second-order valence-corrected chi connectivity index (χ2v) is 5.05. The van der Waals surface area contributed by atoms with E-state index in [1.165, 1.54) is 0 Å². The Hall–Kier alpha value is -0.910. The predicted molar refractivity (Wildman–Crippen MR) is 49.5 cm³/mol. The molecule has 0 aliphatic carbocycles. The first-order valence-corrected chi connectivity index (χ1v) is 5.81. The summed E-state index contributed by atoms with van der Waals surface area (Å²) >= 11 is 0. The van der Waals surface area contributed by atoms with E-state index in [1.54, 1.807) is 0 Å². The topological polar surface area (TPSA) is 130 Å². The third-order valence-electron chi connectivity index (χ3n) is 1.62. The number of hydrogen-bond acceptors (Lipinski definition) is 5. The quantitative estimate of drug-likeness (QED) is 0.474. The number of carbonyl (C=O) groups is 1. The molecular formula is C6H11F3N2O5S. The number of aliphatic carboxylic acids is 1. The van der Waals surface area contributed by atoms with Crippen molar-refractivity contribution in [3.05, 3.63) is 0 Å². The predicted octanol–water partition coefficient (Wildman–Crippen LogP) is -1.76. The van der Waals surface area contributed by atoms with Crippen LogP contribution in [0.3, 0.4) is 0 Å². The molecule has 17 heavy (non-hydrogen) atoms. The summed E-state index contributed by atoms with van der Waals surface area (Å²) in [6.45, 7) is 0.618. The van der Waals surface area contributed by atoms with Crippen molar-refractivity contribution < 1.29 is 36.6 Å². The van der Waals surface area contributed by atoms with E-state index in [-0.39, 0.29) is 5.75 Å². The van der Waals surface area contributed by atoms with E-state index in [2.05, 4.69) is 5.32 Å². The van der Waals surface area contributed by atoms with Gasteiger partial charge in [-0.3, -0.25) is 0 Å². The number of nitrogens with two attached hydrogens (primary N) is 1. The van der Waals surface area contributed by atoms with Crippen molar-refractivity contribution in [3.63, 3.8) is 0 Å². The number of primary sulfonamides is 1. The fraction of sp³-hybridized carbons (Fsp3) is 0.833. The van der Waals surface area contributed by atoms with Gasteiger partial charge in [0.05, 0.1) is 5.75 Å². The van der Waals surface area contributed by atoms with E-state index >= 15 is 0 Å². The molecule has 0 saturated carbocycles. The normalized spacial score (nSPS) is 18.6. The summed E-state index contributed by atoms with van der Waals surface area (Å²) in [7, 11) is -3.53. The Morgan fingerprint density at radius 3 is 1.82 bits per heavy atom. The molecule has 1 aliphatic heterocycles. The van der Waals surface area contributed by atoms with Crippen molar-refractivity contribution in [1.82, 2.24) is 5.32 Å². The van der Waals surface area contributed by atoms with Gasteiger partial charge >= 0.3 is 12.1 Å². The summed E-state index contributed by atoms with van der Waals surface area (Å²) in [5, 5.41) is 23.8. The molecule has 102 valence electrons. The first-order chi connectivity index (χ1) is 7.36. The Balaban J connectivity index is 0.000000325. The van der Waals surface area contributed by atoms with Gasteiger partial charge in [-0.2, -0.15) is 13.2 Å². The first kappa shape index (κ1) is 16.1. The molecule has 0 aromatic rings. The summed E-state index contributed by atoms with van der Waals surface area (Å²) in [5.41, 5.74) is -1.12. The molecule has 0 bridgehead atoms. The lowest BCUT2D eigenvalue weighted by Gasteiger charge is -2.36. The highest BCUT2D eigenvalue weighted by atomic mass is 32.2. The minimum absolute atomic E-state index is 0.309. The Bertz CT molecular complexity index is 376. The van der Waals surface area contributed by atoms with E-state index in [1.807, 2.05) is 0 Å². The average molecular weight is 280 g/mol. The van der Waals surface area contributed by atoms with Gasteiger partial charge in [0, 0.05) is 13.1 Å². The molecule has 1 saturated heterocycles. The van der Waals surface area contributed by atoms with Gasteiger partial charge in [0.15, 0.2) is 0 Å². The number of β-amino-alcohol motifs (C(OH)–C–C–N with tert-alkyl or cyclic N) is 1. The molecule has 1 fully saturated rings. The number of aliphatic hydroxyl groups is 1. The van der Waals surface area contributed by atoms with Crippen LogP contribution in [0.2, 0.25) is 0 Å². The van der Waals surface area contributed by atoms with Crippen LogP contribution in [0.4, 0.5) is 13.2 Å². The monoisotopic (exact) mass is 280 g/mol. The summed E-state index contributed by atoms with van der Waals surface area (Å²) in [5.74, 6) is -3.11. The standard InChI is InChI=1S/C4H10N2O3S.C2HF3O2/c5-10(8,9)3-4(7)1-6-2-4;3-2(4,5)1(6)7/h6-7H,1-3H2,(H2,5,8,9);(H,6,7). The van der Waals surface area contributed by atoms with Gasteiger partial charge in [-0.1, -0.05) is 0 Å². The maximum absolute atomic E-state index is 10.6. The Kier molecular flexibility index (Phi) is 4.89. The van der Waals surface area contributed by atoms with Crippen LogP contribution in [-0.2, 0) is 14.8 Å². The highest BCUT2D eigenvalue weighted by Crippen LogP contribution is 2.13. The first-order valence-electron chi connectivity index (χ1n) is 4.09. The van der Waals surface area contributed by atoms with Gasteiger partial charge in [0.2, 0.25) is 10.0 Å². The molecule has 5 N–H and O–H groups in total. The molecule has 0 atom stereocenters. The third-order valence-corrected chi connectivity index (χ3v) is 2.56. The third kappa shape index (κ3) is 7.10. The van der Waals surface area contributed by atoms with Crippen molar-refractivity contribution in [1.29, 1.82) is 0 Å². The van der Waals surface area contributed by atoms with Crippen molar-refractivity contribution in [2.45, 2.75) is 11.8 Å². The molecule has 7 nitrogen and oxygen atoms in total. The number of sulfonamides is 1. The Morgan fingerprint density at radius 2 is 1.76 bits per heavy atom. The molecule has 1 aliphatic rings. The number of alkyl halides is 3. The molecule has 0 amide bonds. The number of nitrogens with one attached hydrogen (secondary N) is 1. The van der Waals surface area contributed by atoms with Crippen LogP contribution >= 0.6 is 0 Å². The number of carboxylic acids is 1. The zero-order chi connectivity index (χ0) is 13.9. The summed E-state index contributed by atoms with van der Waals surface area (Å²) in [6, 6.07) is 0. The molecular weight excluding hydrogens is 269 g/mol. The number of rotatable bonds is 2. The molecule has 0 aromatic carbocycles. The van der Waals surface area contributed by atoms with E-state index in [4.69, 9.17) is 15.0 Å². The fourth-order valence-corrected chi connectivity index (χ4v) is 1.84. The van der Waals surface area contributed by atoms with Gasteiger partial charge in [-0.15, -0.1) is 0 Å². The van der Waals surface area contributed by atoms with Gasteiger partial charge < -0.3 is 15.5 Å². The largest absolute Gasteiger partial charge is 0.490 e. The molecule has 0 aromatic heterocycles. The summed E-state index contributed by atoms with van der Waals surface area (Å²) in [6.07, 6.45) is -5.08. The smallest absolute Gasteiger partial charge is 0.475 e. The van der Waals surface area contributed by atoms with E-state index < -0.39 is 27.8 Å². The van der Waals surface area contributed by atoms with E-state index in [0.29, 0.717) is 13.1 Å². The van der Waals surface area contributed by atoms with E-state index in [0.717, 1.165) is 0 Å². The lowest BCUT2D eigenvalue weighted by Crippen LogP contribution is -2.63. The number of hydrogen-bond donors (Lipinski definition) is 4. The minimum Gasteiger partial charge on any atom is -0.475 e. The molecule has 0 radical (unpaired) electrons. The fourth-order valence-electron chi connectivity index (χ4n) is 0.890.